The molecule has 0 bridgehead atoms. The Hall–Kier alpha value is -0.400. The summed E-state index contributed by atoms with van der Waals surface area (Å²) in [5.41, 5.74) is 0. The molecule has 0 aromatic carbocycles. The zero-order valence-corrected chi connectivity index (χ0v) is 21.4. The first-order valence-corrected chi connectivity index (χ1v) is 13.2. The third kappa shape index (κ3) is 29.9. The van der Waals surface area contributed by atoms with Crippen molar-refractivity contribution in [3.63, 3.8) is 0 Å². The third-order valence-corrected chi connectivity index (χ3v) is 5.60. The van der Waals surface area contributed by atoms with E-state index in [-0.39, 0.29) is 0 Å². The number of thiocarbonyl (C=S) groups is 2. The van der Waals surface area contributed by atoms with E-state index in [0.717, 1.165) is 19.4 Å². The Bertz CT molecular complexity index is 396. The van der Waals surface area contributed by atoms with Gasteiger partial charge in [-0.15, -0.1) is 0 Å². The van der Waals surface area contributed by atoms with Gasteiger partial charge in [-0.3, -0.25) is 0 Å². The molecule has 0 aromatic rings. The van der Waals surface area contributed by atoms with Crippen LogP contribution in [-0.4, -0.2) is 22.9 Å². The van der Waals surface area contributed by atoms with Crippen molar-refractivity contribution < 1.29 is 0 Å². The molecular formula is C25H48N2S2. The smallest absolute Gasteiger partial charge is 0.0597 e. The van der Waals surface area contributed by atoms with Crippen molar-refractivity contribution in [3.8, 4) is 0 Å². The van der Waals surface area contributed by atoms with Crippen molar-refractivity contribution in [2.75, 3.05) is 6.54 Å². The monoisotopic (exact) mass is 440 g/mol. The lowest BCUT2D eigenvalue weighted by molar-refractivity contribution is 0.530. The first kappa shape index (κ1) is 30.8. The summed E-state index contributed by atoms with van der Waals surface area (Å²) in [5.74, 6) is 0. The number of isothiocyanates is 2. The van der Waals surface area contributed by atoms with E-state index >= 15 is 0 Å². The highest BCUT2D eigenvalue weighted by Gasteiger charge is 1.96. The second-order valence-electron chi connectivity index (χ2n) is 7.97. The van der Waals surface area contributed by atoms with Gasteiger partial charge in [-0.25, -0.2) is 9.98 Å². The SMILES string of the molecule is CCC(CC)N=C=S.CCCCCCCCCCCCCCCCCCN=C=S. The summed E-state index contributed by atoms with van der Waals surface area (Å²) in [5, 5.41) is 4.81. The van der Waals surface area contributed by atoms with Crippen molar-refractivity contribution in [3.05, 3.63) is 0 Å². The van der Waals surface area contributed by atoms with Gasteiger partial charge in [-0.1, -0.05) is 117 Å². The highest BCUT2D eigenvalue weighted by atomic mass is 32.1. The molecule has 0 amide bonds. The number of hydrogen-bond acceptors (Lipinski definition) is 4. The highest BCUT2D eigenvalue weighted by molar-refractivity contribution is 7.78. The molecule has 0 aliphatic heterocycles. The molecule has 0 radical (unpaired) electrons. The van der Waals surface area contributed by atoms with Gasteiger partial charge in [-0.05, 0) is 43.7 Å². The van der Waals surface area contributed by atoms with Crippen molar-refractivity contribution in [1.29, 1.82) is 0 Å². The molecular weight excluding hydrogens is 392 g/mol. The molecule has 0 heterocycles. The molecule has 0 atom stereocenters. The summed E-state index contributed by atoms with van der Waals surface area (Å²) in [6.45, 7) is 7.37. The molecule has 29 heavy (non-hydrogen) atoms. The Morgan fingerprint density at radius 2 is 0.931 bits per heavy atom. The van der Waals surface area contributed by atoms with Crippen molar-refractivity contribution in [2.24, 2.45) is 9.98 Å². The molecule has 0 rings (SSSR count). The van der Waals surface area contributed by atoms with Crippen LogP contribution in [0.2, 0.25) is 0 Å². The van der Waals surface area contributed by atoms with Crippen LogP contribution in [0.25, 0.3) is 0 Å². The van der Waals surface area contributed by atoms with E-state index < -0.39 is 0 Å². The molecule has 0 aliphatic carbocycles. The average Bonchev–Trinajstić information content (AvgIpc) is 2.74. The number of aliphatic imine (C=N–C) groups is 2. The Kier molecular flexibility index (Phi) is 31.6. The molecule has 0 fully saturated rings. The summed E-state index contributed by atoms with van der Waals surface area (Å²) >= 11 is 8.99. The third-order valence-electron chi connectivity index (χ3n) is 5.37. The summed E-state index contributed by atoms with van der Waals surface area (Å²) < 4.78 is 0. The minimum atomic E-state index is 0.410. The van der Waals surface area contributed by atoms with Crippen LogP contribution in [0.3, 0.4) is 0 Å². The Morgan fingerprint density at radius 1 is 0.552 bits per heavy atom. The maximum absolute atomic E-state index is 4.55. The zero-order valence-electron chi connectivity index (χ0n) is 19.7. The predicted octanol–water partition coefficient (Wildman–Crippen LogP) is 9.63. The van der Waals surface area contributed by atoms with Crippen LogP contribution in [0.1, 0.15) is 136 Å². The molecule has 170 valence electrons. The number of unbranched alkanes of at least 4 members (excludes halogenated alkanes) is 15. The van der Waals surface area contributed by atoms with E-state index in [9.17, 15) is 0 Å². The van der Waals surface area contributed by atoms with Crippen molar-refractivity contribution in [2.45, 2.75) is 142 Å². The standard InChI is InChI=1S/C19H37NS.C6H11NS/c1-2-3-4-5-6-7-8-9-10-11-12-13-14-15-16-17-18-20-19-21;1-3-6(4-2)7-5-8/h2-18H2,1H3;6H,3-4H2,1-2H3. The van der Waals surface area contributed by atoms with Gasteiger partial charge in [0.05, 0.1) is 16.4 Å². The Morgan fingerprint density at radius 3 is 1.21 bits per heavy atom. The summed E-state index contributed by atoms with van der Waals surface area (Å²) in [6.07, 6.45) is 24.7. The van der Waals surface area contributed by atoms with Crippen molar-refractivity contribution in [1.82, 2.24) is 0 Å². The van der Waals surface area contributed by atoms with Gasteiger partial charge in [0.15, 0.2) is 0 Å². The van der Waals surface area contributed by atoms with Crippen LogP contribution in [0.15, 0.2) is 9.98 Å². The topological polar surface area (TPSA) is 24.7 Å². The van der Waals surface area contributed by atoms with Crippen LogP contribution in [0.4, 0.5) is 0 Å². The van der Waals surface area contributed by atoms with Gasteiger partial charge in [0.2, 0.25) is 0 Å². The predicted molar refractivity (Wildman–Crippen MR) is 139 cm³/mol. The second-order valence-corrected chi connectivity index (χ2v) is 8.33. The largest absolute Gasteiger partial charge is 0.233 e. The summed E-state index contributed by atoms with van der Waals surface area (Å²) in [4.78, 5) is 7.87. The van der Waals surface area contributed by atoms with E-state index in [0.29, 0.717) is 6.04 Å². The number of nitrogens with zero attached hydrogens (tertiary/aromatic N) is 2. The van der Waals surface area contributed by atoms with Crippen molar-refractivity contribution >= 4 is 34.8 Å². The number of hydrogen-bond donors (Lipinski definition) is 0. The molecule has 0 N–H and O–H groups in total. The molecule has 0 spiro atoms. The van der Waals surface area contributed by atoms with E-state index in [4.69, 9.17) is 0 Å². The van der Waals surface area contributed by atoms with E-state index in [1.165, 1.54) is 103 Å². The second kappa shape index (κ2) is 29.8. The van der Waals surface area contributed by atoms with Crippen LogP contribution in [-0.2, 0) is 0 Å². The summed E-state index contributed by atoms with van der Waals surface area (Å²) in [6, 6.07) is 0.410. The zero-order chi connectivity index (χ0) is 21.8. The maximum Gasteiger partial charge on any atom is 0.0597 e. The lowest BCUT2D eigenvalue weighted by atomic mass is 10.0. The molecule has 0 saturated heterocycles. The summed E-state index contributed by atoms with van der Waals surface area (Å²) in [7, 11) is 0. The van der Waals surface area contributed by atoms with Gasteiger partial charge in [-0.2, -0.15) is 0 Å². The lowest BCUT2D eigenvalue weighted by Gasteiger charge is -2.03. The Labute approximate surface area is 193 Å². The maximum atomic E-state index is 4.55. The molecule has 0 saturated carbocycles. The molecule has 4 heteroatoms. The van der Waals surface area contributed by atoms with Crippen LogP contribution in [0.5, 0.6) is 0 Å². The van der Waals surface area contributed by atoms with Gasteiger partial charge >= 0.3 is 0 Å². The Balaban J connectivity index is 0. The minimum absolute atomic E-state index is 0.410. The molecule has 0 aromatic heterocycles. The number of rotatable bonds is 20. The molecule has 0 unspecified atom stereocenters. The fourth-order valence-corrected chi connectivity index (χ4v) is 3.57. The van der Waals surface area contributed by atoms with Gasteiger partial charge in [0, 0.05) is 6.54 Å². The van der Waals surface area contributed by atoms with E-state index in [1.807, 2.05) is 0 Å². The van der Waals surface area contributed by atoms with Crippen LogP contribution >= 0.6 is 24.4 Å². The van der Waals surface area contributed by atoms with Crippen LogP contribution in [0, 0.1) is 0 Å². The fourth-order valence-electron chi connectivity index (χ4n) is 3.33. The average molecular weight is 441 g/mol. The van der Waals surface area contributed by atoms with Gasteiger partial charge in [0.1, 0.15) is 0 Å². The first-order chi connectivity index (χ1) is 14.3. The lowest BCUT2D eigenvalue weighted by Crippen LogP contribution is -1.97. The van der Waals surface area contributed by atoms with Gasteiger partial charge < -0.3 is 0 Å². The van der Waals surface area contributed by atoms with Crippen LogP contribution < -0.4 is 0 Å². The van der Waals surface area contributed by atoms with E-state index in [2.05, 4.69) is 65.5 Å². The fraction of sp³-hybridized carbons (Fsp3) is 0.920. The highest BCUT2D eigenvalue weighted by Crippen LogP contribution is 2.13. The molecule has 2 nitrogen and oxygen atoms in total. The first-order valence-electron chi connectivity index (χ1n) is 12.4. The molecule has 0 aliphatic rings. The quantitative estimate of drug-likeness (QED) is 0.107. The minimum Gasteiger partial charge on any atom is -0.233 e. The van der Waals surface area contributed by atoms with Gasteiger partial charge in [0.25, 0.3) is 0 Å². The van der Waals surface area contributed by atoms with E-state index in [1.54, 1.807) is 0 Å². The normalized spacial score (nSPS) is 10.1.